The third-order valence-electron chi connectivity index (χ3n) is 1.93. The van der Waals surface area contributed by atoms with E-state index in [0.29, 0.717) is 26.2 Å². The zero-order chi connectivity index (χ0) is 25.6. The quantitative estimate of drug-likeness (QED) is 0.0869. The number of aliphatic carboxylic acids is 4. The maximum atomic E-state index is 9.60. The van der Waals surface area contributed by atoms with E-state index in [1.807, 2.05) is 0 Å². The van der Waals surface area contributed by atoms with Gasteiger partial charge in [0, 0.05) is 26.2 Å². The van der Waals surface area contributed by atoms with Crippen molar-refractivity contribution in [3.8, 4) is 0 Å². The number of nitrogens with two attached hydrogens (primary N) is 4. The van der Waals surface area contributed by atoms with Crippen molar-refractivity contribution in [3.63, 3.8) is 0 Å². The number of carboxylic acids is 4. The van der Waals surface area contributed by atoms with Crippen LogP contribution in [0.1, 0.15) is 0 Å². The van der Waals surface area contributed by atoms with Gasteiger partial charge in [0.25, 0.3) is 0 Å². The van der Waals surface area contributed by atoms with Crippen molar-refractivity contribution >= 4 is 51.2 Å². The minimum atomic E-state index is -1.21. The summed E-state index contributed by atoms with van der Waals surface area (Å²) in [5, 5.41) is 38.4. The Balaban J connectivity index is -0.000000105. The number of carbonyl (C=O) groups excluding carboxylic acids is 4. The van der Waals surface area contributed by atoms with Gasteiger partial charge in [-0.25, -0.2) is 0 Å². The summed E-state index contributed by atoms with van der Waals surface area (Å²) in [5.41, 5.74) is 19.9. The van der Waals surface area contributed by atoms with Crippen LogP contribution in [0.15, 0.2) is 0 Å². The molecule has 0 aliphatic carbocycles. The molecule has 0 saturated heterocycles. The molecular formula is C16H32N4O12Pb. The first-order valence-electron chi connectivity index (χ1n) is 8.99. The first-order valence-corrected chi connectivity index (χ1v) is 8.99. The van der Waals surface area contributed by atoms with Gasteiger partial charge >= 0.3 is 27.3 Å². The standard InChI is InChI=1S/4C4H9NO3.Pb/c4*5-1-2-8-3-4(6)7;/h4*1-3,5H2,(H,6,7);/q;;;;+4/p-4. The second kappa shape index (κ2) is 37.8. The zero-order valence-electron chi connectivity index (χ0n) is 18.2. The van der Waals surface area contributed by atoms with Gasteiger partial charge in [-0.3, -0.25) is 0 Å². The van der Waals surface area contributed by atoms with Crippen molar-refractivity contribution in [1.82, 2.24) is 0 Å². The number of carbonyl (C=O) groups is 4. The average molecular weight is 680 g/mol. The van der Waals surface area contributed by atoms with Gasteiger partial charge in [-0.2, -0.15) is 0 Å². The number of ether oxygens (including phenoxy) is 4. The molecule has 0 aliphatic heterocycles. The first kappa shape index (κ1) is 41.7. The second-order valence-electron chi connectivity index (χ2n) is 4.85. The minimum Gasteiger partial charge on any atom is -0.548 e. The van der Waals surface area contributed by atoms with E-state index in [1.165, 1.54) is 0 Å². The molecule has 0 saturated carbocycles. The smallest absolute Gasteiger partial charge is 0.548 e. The van der Waals surface area contributed by atoms with E-state index >= 15 is 0 Å². The predicted molar refractivity (Wildman–Crippen MR) is 105 cm³/mol. The van der Waals surface area contributed by atoms with Crippen LogP contribution < -0.4 is 43.4 Å². The average Bonchev–Trinajstić information content (AvgIpc) is 2.69. The molecule has 0 bridgehead atoms. The molecule has 0 unspecified atom stereocenters. The molecule has 0 aromatic carbocycles. The first-order chi connectivity index (χ1) is 15.1. The molecule has 0 radical (unpaired) electrons. The van der Waals surface area contributed by atoms with E-state index in [0.717, 1.165) is 0 Å². The molecule has 0 fully saturated rings. The van der Waals surface area contributed by atoms with Gasteiger partial charge in [0.15, 0.2) is 0 Å². The maximum absolute atomic E-state index is 9.60. The third kappa shape index (κ3) is 72.4. The normalized spacial score (nSPS) is 8.85. The molecule has 0 spiro atoms. The van der Waals surface area contributed by atoms with Gasteiger partial charge in [0.2, 0.25) is 0 Å². The largest absolute Gasteiger partial charge is 4.00 e. The Hall–Kier alpha value is -1.52. The van der Waals surface area contributed by atoms with E-state index in [4.69, 9.17) is 22.9 Å². The van der Waals surface area contributed by atoms with Crippen molar-refractivity contribution in [2.45, 2.75) is 0 Å². The molecule has 0 aromatic rings. The molecular weight excluding hydrogens is 647 g/mol. The summed E-state index contributed by atoms with van der Waals surface area (Å²) >= 11 is 0. The van der Waals surface area contributed by atoms with Crippen molar-refractivity contribution in [1.29, 1.82) is 0 Å². The number of rotatable bonds is 16. The molecule has 0 rings (SSSR count). The van der Waals surface area contributed by atoms with Crippen LogP contribution in [0.3, 0.4) is 0 Å². The Morgan fingerprint density at radius 1 is 0.455 bits per heavy atom. The van der Waals surface area contributed by atoms with Crippen LogP contribution in [0.25, 0.3) is 0 Å². The van der Waals surface area contributed by atoms with Crippen molar-refractivity contribution < 1.29 is 58.6 Å². The molecule has 33 heavy (non-hydrogen) atoms. The number of carboxylic acid groups (broad SMARTS) is 4. The summed E-state index contributed by atoms with van der Waals surface area (Å²) in [6, 6.07) is 0. The summed E-state index contributed by atoms with van der Waals surface area (Å²) in [4.78, 5) is 38.4. The van der Waals surface area contributed by atoms with E-state index in [1.54, 1.807) is 0 Å². The Kier molecular flexibility index (Phi) is 47.8. The van der Waals surface area contributed by atoms with Crippen LogP contribution in [0.4, 0.5) is 0 Å². The zero-order valence-corrected chi connectivity index (χ0v) is 22.1. The second-order valence-corrected chi connectivity index (χ2v) is 4.85. The summed E-state index contributed by atoms with van der Waals surface area (Å²) in [5.74, 6) is -4.84. The molecule has 0 aliphatic rings. The van der Waals surface area contributed by atoms with Crippen molar-refractivity contribution in [2.24, 2.45) is 22.9 Å². The topological polar surface area (TPSA) is 302 Å². The van der Waals surface area contributed by atoms with Crippen LogP contribution in [0, 0.1) is 0 Å². The van der Waals surface area contributed by atoms with Gasteiger partial charge in [-0.05, 0) is 0 Å². The predicted octanol–water partition coefficient (Wildman–Crippen LogP) is -9.53. The van der Waals surface area contributed by atoms with Gasteiger partial charge in [-0.1, -0.05) is 0 Å². The van der Waals surface area contributed by atoms with Gasteiger partial charge in [-0.15, -0.1) is 0 Å². The number of hydrogen-bond donors (Lipinski definition) is 4. The molecule has 0 atom stereocenters. The van der Waals surface area contributed by atoms with Gasteiger partial charge in [0.05, 0.1) is 76.7 Å². The minimum absolute atomic E-state index is 0. The Labute approximate surface area is 211 Å². The summed E-state index contributed by atoms with van der Waals surface area (Å²) in [6.45, 7) is 0.994. The fourth-order valence-electron chi connectivity index (χ4n) is 0.955. The summed E-state index contributed by atoms with van der Waals surface area (Å²) in [7, 11) is 0. The van der Waals surface area contributed by atoms with E-state index in [9.17, 15) is 39.6 Å². The SMILES string of the molecule is NCCOCC(=O)[O-].NCCOCC(=O)[O-].NCCOCC(=O)[O-].NCCOCC(=O)[O-].[Pb+4]. The van der Waals surface area contributed by atoms with Crippen LogP contribution in [0.5, 0.6) is 0 Å². The van der Waals surface area contributed by atoms with E-state index < -0.39 is 23.9 Å². The number of hydrogen-bond acceptors (Lipinski definition) is 16. The molecule has 16 nitrogen and oxygen atoms in total. The van der Waals surface area contributed by atoms with Gasteiger partial charge < -0.3 is 81.5 Å². The molecule has 0 heterocycles. The van der Waals surface area contributed by atoms with Crippen molar-refractivity contribution in [3.05, 3.63) is 0 Å². The molecule has 8 N–H and O–H groups in total. The van der Waals surface area contributed by atoms with Crippen LogP contribution in [-0.2, 0) is 38.1 Å². The van der Waals surface area contributed by atoms with E-state index in [-0.39, 0.29) is 80.2 Å². The van der Waals surface area contributed by atoms with Gasteiger partial charge in [0.1, 0.15) is 0 Å². The molecule has 192 valence electrons. The van der Waals surface area contributed by atoms with Crippen molar-refractivity contribution in [2.75, 3.05) is 79.0 Å². The van der Waals surface area contributed by atoms with Crippen LogP contribution in [-0.4, -0.2) is 130 Å². The van der Waals surface area contributed by atoms with E-state index in [2.05, 4.69) is 18.9 Å². The molecule has 0 amide bonds. The summed E-state index contributed by atoms with van der Waals surface area (Å²) in [6.07, 6.45) is 0. The Morgan fingerprint density at radius 3 is 0.697 bits per heavy atom. The molecule has 0 aromatic heterocycles. The maximum Gasteiger partial charge on any atom is 4.00 e. The van der Waals surface area contributed by atoms with Crippen LogP contribution >= 0.6 is 0 Å². The fraction of sp³-hybridized carbons (Fsp3) is 0.750. The van der Waals surface area contributed by atoms with Crippen LogP contribution in [0.2, 0.25) is 0 Å². The summed E-state index contributed by atoms with van der Waals surface area (Å²) < 4.78 is 17.8. The fourth-order valence-corrected chi connectivity index (χ4v) is 0.955. The molecule has 17 heteroatoms. The Bertz CT molecular complexity index is 381. The Morgan fingerprint density at radius 2 is 0.606 bits per heavy atom. The monoisotopic (exact) mass is 680 g/mol. The third-order valence-corrected chi connectivity index (χ3v) is 1.93.